The first kappa shape index (κ1) is 16.4. The van der Waals surface area contributed by atoms with Crippen LogP contribution in [0.5, 0.6) is 0 Å². The molecule has 0 atom stereocenters. The van der Waals surface area contributed by atoms with Crippen molar-refractivity contribution in [3.63, 3.8) is 0 Å². The molecule has 1 aromatic carbocycles. The van der Waals surface area contributed by atoms with Crippen LogP contribution in [0, 0.1) is 12.7 Å². The summed E-state index contributed by atoms with van der Waals surface area (Å²) < 4.78 is 29.1. The summed E-state index contributed by atoms with van der Waals surface area (Å²) in [6.45, 7) is 1.73. The Bertz CT molecular complexity index is 1110. The smallest absolute Gasteiger partial charge is 0.202 e. The first-order chi connectivity index (χ1) is 12.5. The number of aromatic amines is 1. The molecule has 5 nitrogen and oxygen atoms in total. The third kappa shape index (κ3) is 2.76. The molecule has 1 N–H and O–H groups in total. The summed E-state index contributed by atoms with van der Waals surface area (Å²) in [5.74, 6) is -1.17. The quantitative estimate of drug-likeness (QED) is 0.506. The molecule has 0 amide bonds. The molecule has 26 heavy (non-hydrogen) atoms. The first-order valence-electron chi connectivity index (χ1n) is 7.71. The largest absolute Gasteiger partial charge is 0.345 e. The molecule has 0 unspecified atom stereocenters. The zero-order valence-corrected chi connectivity index (χ0v) is 14.3. The van der Waals surface area contributed by atoms with Crippen LogP contribution in [-0.4, -0.2) is 19.9 Å². The van der Waals surface area contributed by atoms with Crippen LogP contribution < -0.4 is 5.12 Å². The van der Waals surface area contributed by atoms with Crippen LogP contribution in [0.3, 0.4) is 0 Å². The summed E-state index contributed by atoms with van der Waals surface area (Å²) in [6.07, 6.45) is 4.07. The van der Waals surface area contributed by atoms with E-state index in [1.807, 2.05) is 0 Å². The fourth-order valence-corrected chi connectivity index (χ4v) is 2.84. The molecule has 0 aliphatic rings. The molecular weight excluding hydrogens is 360 g/mol. The summed E-state index contributed by atoms with van der Waals surface area (Å²) >= 11 is 5.99. The predicted molar refractivity (Wildman–Crippen MR) is 96.5 cm³/mol. The number of rotatable bonds is 3. The number of halogens is 3. The average Bonchev–Trinajstić information content (AvgIpc) is 3.05. The number of fused-ring (bicyclic) bond motifs is 1. The normalized spacial score (nSPS) is 11.1. The molecule has 3 heterocycles. The molecule has 0 aliphatic heterocycles. The molecule has 130 valence electrons. The van der Waals surface area contributed by atoms with Crippen molar-refractivity contribution in [2.45, 2.75) is 6.92 Å². The molecule has 0 spiro atoms. The highest BCUT2D eigenvalue weighted by Crippen LogP contribution is 2.32. The lowest BCUT2D eigenvalue weighted by molar-refractivity contribution is 0.479. The van der Waals surface area contributed by atoms with Crippen LogP contribution in [0.15, 0.2) is 48.9 Å². The number of para-hydroxylation sites is 1. The van der Waals surface area contributed by atoms with Gasteiger partial charge < -0.3 is 4.98 Å². The van der Waals surface area contributed by atoms with Gasteiger partial charge in [-0.15, -0.1) is 0 Å². The minimum Gasteiger partial charge on any atom is -0.345 e. The molecular formula is C18H12ClF2N5. The SMILES string of the molecule is Cc1ccccc1N(F)c1nc(-c2c[nH]c3ncc(Cl)cc23)ncc1F. The van der Waals surface area contributed by atoms with Gasteiger partial charge in [-0.05, 0) is 24.6 Å². The molecule has 0 saturated heterocycles. The highest BCUT2D eigenvalue weighted by atomic mass is 35.5. The Kier molecular flexibility index (Phi) is 4.00. The van der Waals surface area contributed by atoms with Gasteiger partial charge in [-0.25, -0.2) is 19.3 Å². The number of nitrogens with zero attached hydrogens (tertiary/aromatic N) is 4. The lowest BCUT2D eigenvalue weighted by Crippen LogP contribution is -2.10. The van der Waals surface area contributed by atoms with E-state index in [1.165, 1.54) is 6.20 Å². The topological polar surface area (TPSA) is 57.7 Å². The van der Waals surface area contributed by atoms with Crippen molar-refractivity contribution in [2.75, 3.05) is 5.12 Å². The van der Waals surface area contributed by atoms with Gasteiger partial charge in [-0.1, -0.05) is 34.3 Å². The molecule has 0 bridgehead atoms. The summed E-state index contributed by atoms with van der Waals surface area (Å²) in [6, 6.07) is 8.41. The van der Waals surface area contributed by atoms with Gasteiger partial charge in [-0.3, -0.25) is 0 Å². The van der Waals surface area contributed by atoms with E-state index in [1.54, 1.807) is 43.5 Å². The minimum absolute atomic E-state index is 0.160. The Balaban J connectivity index is 1.84. The zero-order valence-electron chi connectivity index (χ0n) is 13.5. The van der Waals surface area contributed by atoms with Crippen LogP contribution in [-0.2, 0) is 0 Å². The van der Waals surface area contributed by atoms with E-state index in [9.17, 15) is 8.87 Å². The van der Waals surface area contributed by atoms with Gasteiger partial charge in [0, 0.05) is 23.3 Å². The second kappa shape index (κ2) is 6.34. The van der Waals surface area contributed by atoms with Gasteiger partial charge in [0.25, 0.3) is 0 Å². The number of pyridine rings is 1. The summed E-state index contributed by atoms with van der Waals surface area (Å²) in [4.78, 5) is 15.2. The monoisotopic (exact) mass is 371 g/mol. The second-order valence-electron chi connectivity index (χ2n) is 5.68. The fourth-order valence-electron chi connectivity index (χ4n) is 2.69. The Hall–Kier alpha value is -3.06. The lowest BCUT2D eigenvalue weighted by Gasteiger charge is -2.16. The van der Waals surface area contributed by atoms with Crippen molar-refractivity contribution in [3.05, 3.63) is 65.3 Å². The number of anilines is 2. The van der Waals surface area contributed by atoms with Crippen LogP contribution in [0.4, 0.5) is 20.4 Å². The van der Waals surface area contributed by atoms with Crippen molar-refractivity contribution in [1.82, 2.24) is 19.9 Å². The van der Waals surface area contributed by atoms with E-state index >= 15 is 0 Å². The van der Waals surface area contributed by atoms with E-state index in [0.29, 0.717) is 27.2 Å². The Morgan fingerprint density at radius 3 is 2.77 bits per heavy atom. The van der Waals surface area contributed by atoms with Crippen molar-refractivity contribution < 1.29 is 8.87 Å². The lowest BCUT2D eigenvalue weighted by atomic mass is 10.2. The Morgan fingerprint density at radius 1 is 1.15 bits per heavy atom. The van der Waals surface area contributed by atoms with Crippen molar-refractivity contribution in [1.29, 1.82) is 0 Å². The standard InChI is InChI=1S/C18H12ClF2N5/c1-10-4-2-3-5-15(10)26(21)18-14(20)9-24-17(25-18)13-8-23-16-12(13)6-11(19)7-22-16/h2-9H,1H3,(H,22,23). The van der Waals surface area contributed by atoms with E-state index in [4.69, 9.17) is 11.6 Å². The van der Waals surface area contributed by atoms with Crippen molar-refractivity contribution >= 4 is 34.1 Å². The van der Waals surface area contributed by atoms with Gasteiger partial charge in [0.1, 0.15) is 5.65 Å². The van der Waals surface area contributed by atoms with Gasteiger partial charge in [0.15, 0.2) is 11.6 Å². The van der Waals surface area contributed by atoms with E-state index in [0.717, 1.165) is 6.20 Å². The summed E-state index contributed by atoms with van der Waals surface area (Å²) in [5.41, 5.74) is 1.99. The molecule has 8 heteroatoms. The summed E-state index contributed by atoms with van der Waals surface area (Å²) in [5, 5.41) is 1.32. The number of hydrogen-bond acceptors (Lipinski definition) is 4. The molecule has 0 radical (unpaired) electrons. The molecule has 4 rings (SSSR count). The number of aromatic nitrogens is 4. The maximum Gasteiger partial charge on any atom is 0.202 e. The van der Waals surface area contributed by atoms with Crippen LogP contribution in [0.1, 0.15) is 5.56 Å². The summed E-state index contributed by atoms with van der Waals surface area (Å²) in [7, 11) is 0. The number of aryl methyl sites for hydroxylation is 1. The highest BCUT2D eigenvalue weighted by molar-refractivity contribution is 6.31. The maximum absolute atomic E-state index is 14.9. The van der Waals surface area contributed by atoms with Gasteiger partial charge >= 0.3 is 0 Å². The van der Waals surface area contributed by atoms with Crippen molar-refractivity contribution in [3.8, 4) is 11.4 Å². The predicted octanol–water partition coefficient (Wildman–Crippen LogP) is 5.14. The molecule has 0 aliphatic carbocycles. The van der Waals surface area contributed by atoms with E-state index < -0.39 is 11.6 Å². The second-order valence-corrected chi connectivity index (χ2v) is 6.12. The number of H-pyrrole nitrogens is 1. The third-order valence-corrected chi connectivity index (χ3v) is 4.18. The minimum atomic E-state index is -0.865. The Morgan fingerprint density at radius 2 is 1.96 bits per heavy atom. The molecule has 0 saturated carbocycles. The van der Waals surface area contributed by atoms with Gasteiger partial charge in [0.05, 0.1) is 16.9 Å². The number of hydrogen-bond donors (Lipinski definition) is 1. The molecule has 4 aromatic rings. The molecule has 0 fully saturated rings. The van der Waals surface area contributed by atoms with Gasteiger partial charge in [0.2, 0.25) is 5.82 Å². The van der Waals surface area contributed by atoms with E-state index in [2.05, 4.69) is 19.9 Å². The van der Waals surface area contributed by atoms with Crippen molar-refractivity contribution in [2.24, 2.45) is 0 Å². The number of benzene rings is 1. The van der Waals surface area contributed by atoms with Crippen LogP contribution in [0.25, 0.3) is 22.4 Å². The maximum atomic E-state index is 14.9. The first-order valence-corrected chi connectivity index (χ1v) is 8.09. The zero-order chi connectivity index (χ0) is 18.3. The van der Waals surface area contributed by atoms with E-state index in [-0.39, 0.29) is 16.6 Å². The van der Waals surface area contributed by atoms with Crippen LogP contribution in [0.2, 0.25) is 5.02 Å². The third-order valence-electron chi connectivity index (χ3n) is 3.98. The highest BCUT2D eigenvalue weighted by Gasteiger charge is 2.20. The fraction of sp³-hybridized carbons (Fsp3) is 0.0556. The van der Waals surface area contributed by atoms with Gasteiger partial charge in [-0.2, -0.15) is 5.12 Å². The molecule has 3 aromatic heterocycles. The number of nitrogens with one attached hydrogen (secondary N) is 1. The van der Waals surface area contributed by atoms with Crippen LogP contribution >= 0.6 is 11.6 Å². The Labute approximate surface area is 152 Å². The average molecular weight is 372 g/mol.